The van der Waals surface area contributed by atoms with Gasteiger partial charge in [-0.25, -0.2) is 8.42 Å². The third kappa shape index (κ3) is 5.78. The number of nitrogens with zero attached hydrogens (tertiary/aromatic N) is 1. The van der Waals surface area contributed by atoms with Crippen LogP contribution in [0.15, 0.2) is 126 Å². The Hall–Kier alpha value is -4.62. The van der Waals surface area contributed by atoms with Gasteiger partial charge in [0, 0.05) is 6.54 Å². The number of hydrogen-bond donors (Lipinski definition) is 1. The number of carbonyl (C=O) groups is 1. The van der Waals surface area contributed by atoms with Crippen molar-refractivity contribution in [2.24, 2.45) is 0 Å². The molecule has 5 aromatic carbocycles. The molecule has 1 N–H and O–H groups in total. The van der Waals surface area contributed by atoms with E-state index in [0.717, 1.165) is 21.9 Å². The second-order valence-corrected chi connectivity index (χ2v) is 10.9. The van der Waals surface area contributed by atoms with E-state index >= 15 is 0 Å². The average Bonchev–Trinajstić information content (AvgIpc) is 2.99. The van der Waals surface area contributed by atoms with Crippen LogP contribution in [0.4, 0.5) is 5.69 Å². The van der Waals surface area contributed by atoms with Crippen LogP contribution in [0, 0.1) is 0 Å². The van der Waals surface area contributed by atoms with Gasteiger partial charge in [0.15, 0.2) is 0 Å². The van der Waals surface area contributed by atoms with Crippen LogP contribution in [0.5, 0.6) is 5.75 Å². The van der Waals surface area contributed by atoms with E-state index in [2.05, 4.69) is 5.32 Å². The van der Waals surface area contributed by atoms with E-state index in [0.29, 0.717) is 18.0 Å². The lowest BCUT2D eigenvalue weighted by Gasteiger charge is -2.26. The van der Waals surface area contributed by atoms with Gasteiger partial charge in [-0.15, -0.1) is 0 Å². The highest BCUT2D eigenvalue weighted by Crippen LogP contribution is 2.30. The highest BCUT2D eigenvalue weighted by atomic mass is 32.2. The van der Waals surface area contributed by atoms with Gasteiger partial charge in [-0.2, -0.15) is 0 Å². The second-order valence-electron chi connectivity index (χ2n) is 9.05. The highest BCUT2D eigenvalue weighted by Gasteiger charge is 2.28. The first-order valence-electron chi connectivity index (χ1n) is 12.5. The molecule has 5 rings (SSSR count). The third-order valence-corrected chi connectivity index (χ3v) is 8.27. The molecular weight excluding hydrogens is 508 g/mol. The number of anilines is 1. The van der Waals surface area contributed by atoms with Gasteiger partial charge in [0.2, 0.25) is 0 Å². The molecule has 0 saturated heterocycles. The normalized spacial score (nSPS) is 11.2. The molecule has 0 bridgehead atoms. The molecule has 39 heavy (non-hydrogen) atoms. The smallest absolute Gasteiger partial charge is 0.264 e. The quantitative estimate of drug-likeness (QED) is 0.244. The number of hydrogen-bond acceptors (Lipinski definition) is 4. The lowest BCUT2D eigenvalue weighted by atomic mass is 10.1. The Labute approximate surface area is 228 Å². The van der Waals surface area contributed by atoms with Crippen LogP contribution in [-0.2, 0) is 23.1 Å². The number of fused-ring (bicyclic) bond motifs is 1. The van der Waals surface area contributed by atoms with E-state index in [1.165, 1.54) is 23.5 Å². The van der Waals surface area contributed by atoms with Crippen molar-refractivity contribution in [3.63, 3.8) is 0 Å². The summed E-state index contributed by atoms with van der Waals surface area (Å²) in [4.78, 5) is 13.6. The van der Waals surface area contributed by atoms with Crippen LogP contribution < -0.4 is 14.4 Å². The third-order valence-electron chi connectivity index (χ3n) is 6.50. The van der Waals surface area contributed by atoms with E-state index in [4.69, 9.17) is 4.74 Å². The first-order valence-corrected chi connectivity index (χ1v) is 14.0. The van der Waals surface area contributed by atoms with Gasteiger partial charge in [0.1, 0.15) is 5.75 Å². The molecule has 6 nitrogen and oxygen atoms in total. The Morgan fingerprint density at radius 2 is 1.41 bits per heavy atom. The van der Waals surface area contributed by atoms with Gasteiger partial charge in [0.25, 0.3) is 15.9 Å². The maximum atomic E-state index is 14.0. The van der Waals surface area contributed by atoms with Crippen LogP contribution in [0.3, 0.4) is 0 Å². The van der Waals surface area contributed by atoms with Gasteiger partial charge in [-0.05, 0) is 64.4 Å². The van der Waals surface area contributed by atoms with Gasteiger partial charge in [0.05, 0.1) is 29.8 Å². The zero-order chi connectivity index (χ0) is 27.2. The summed E-state index contributed by atoms with van der Waals surface area (Å²) in [7, 11) is -2.50. The fraction of sp³-hybridized carbons (Fsp3) is 0.0938. The molecule has 0 aliphatic rings. The first-order chi connectivity index (χ1) is 19.0. The summed E-state index contributed by atoms with van der Waals surface area (Å²) in [6, 6.07) is 36.4. The van der Waals surface area contributed by atoms with E-state index < -0.39 is 10.0 Å². The number of nitrogens with one attached hydrogen (secondary N) is 1. The standard InChI is InChI=1S/C32H28N2O4S/c1-38-28-17-19-29(20-18-28)39(36,37)34(23-24-9-3-2-4-10-24)31-14-8-7-13-30(31)32(35)33-22-25-15-16-26-11-5-6-12-27(26)21-25/h2-21H,22-23H2,1H3,(H,33,35). The van der Waals surface area contributed by atoms with Crippen molar-refractivity contribution in [1.29, 1.82) is 0 Å². The maximum Gasteiger partial charge on any atom is 0.264 e. The Morgan fingerprint density at radius 3 is 2.15 bits per heavy atom. The minimum absolute atomic E-state index is 0.0597. The van der Waals surface area contributed by atoms with Crippen molar-refractivity contribution in [3.05, 3.63) is 138 Å². The Bertz CT molecular complexity index is 1700. The van der Waals surface area contributed by atoms with Crippen LogP contribution in [0.25, 0.3) is 10.8 Å². The number of sulfonamides is 1. The summed E-state index contributed by atoms with van der Waals surface area (Å²) < 4.78 is 34.4. The molecule has 5 aromatic rings. The summed E-state index contributed by atoms with van der Waals surface area (Å²) in [6.07, 6.45) is 0. The number of benzene rings is 5. The Balaban J connectivity index is 1.48. The zero-order valence-corrected chi connectivity index (χ0v) is 22.3. The van der Waals surface area contributed by atoms with E-state index in [1.807, 2.05) is 72.8 Å². The number of para-hydroxylation sites is 1. The monoisotopic (exact) mass is 536 g/mol. The van der Waals surface area contributed by atoms with Crippen LogP contribution in [0.1, 0.15) is 21.5 Å². The van der Waals surface area contributed by atoms with Gasteiger partial charge < -0.3 is 10.1 Å². The van der Waals surface area contributed by atoms with Crippen molar-refractivity contribution >= 4 is 32.4 Å². The van der Waals surface area contributed by atoms with Crippen molar-refractivity contribution < 1.29 is 17.9 Å². The second kappa shape index (κ2) is 11.4. The predicted molar refractivity (Wildman–Crippen MR) is 154 cm³/mol. The molecule has 7 heteroatoms. The fourth-order valence-electron chi connectivity index (χ4n) is 4.43. The number of amides is 1. The van der Waals surface area contributed by atoms with Gasteiger partial charge >= 0.3 is 0 Å². The molecule has 0 aliphatic heterocycles. The minimum atomic E-state index is -4.03. The van der Waals surface area contributed by atoms with Crippen LogP contribution in [0.2, 0.25) is 0 Å². The molecule has 0 heterocycles. The van der Waals surface area contributed by atoms with Crippen molar-refractivity contribution in [1.82, 2.24) is 5.32 Å². The number of rotatable bonds is 9. The number of carbonyl (C=O) groups excluding carboxylic acids is 1. The molecule has 196 valence electrons. The molecule has 0 aliphatic carbocycles. The lowest BCUT2D eigenvalue weighted by Crippen LogP contribution is -2.33. The highest BCUT2D eigenvalue weighted by molar-refractivity contribution is 7.92. The van der Waals surface area contributed by atoms with E-state index in [1.54, 1.807) is 36.4 Å². The topological polar surface area (TPSA) is 75.7 Å². The van der Waals surface area contributed by atoms with E-state index in [9.17, 15) is 13.2 Å². The largest absolute Gasteiger partial charge is 0.497 e. The number of ether oxygens (including phenoxy) is 1. The summed E-state index contributed by atoms with van der Waals surface area (Å²) in [6.45, 7) is 0.367. The molecule has 0 radical (unpaired) electrons. The number of methoxy groups -OCH3 is 1. The predicted octanol–water partition coefficient (Wildman–Crippen LogP) is 6.17. The first kappa shape index (κ1) is 26.0. The van der Waals surface area contributed by atoms with Gasteiger partial charge in [-0.1, -0.05) is 78.9 Å². The van der Waals surface area contributed by atoms with Crippen molar-refractivity contribution in [2.75, 3.05) is 11.4 Å². The molecule has 0 atom stereocenters. The van der Waals surface area contributed by atoms with Crippen LogP contribution >= 0.6 is 0 Å². The Morgan fingerprint density at radius 1 is 0.744 bits per heavy atom. The molecular formula is C32H28N2O4S. The fourth-order valence-corrected chi connectivity index (χ4v) is 5.90. The summed E-state index contributed by atoms with van der Waals surface area (Å²) in [5.41, 5.74) is 2.31. The van der Waals surface area contributed by atoms with E-state index in [-0.39, 0.29) is 22.9 Å². The minimum Gasteiger partial charge on any atom is -0.497 e. The average molecular weight is 537 g/mol. The molecule has 1 amide bonds. The molecule has 0 spiro atoms. The summed E-state index contributed by atoms with van der Waals surface area (Å²) >= 11 is 0. The Kier molecular flexibility index (Phi) is 7.61. The SMILES string of the molecule is COc1ccc(S(=O)(=O)N(Cc2ccccc2)c2ccccc2C(=O)NCc2ccc3ccccc3c2)cc1. The summed E-state index contributed by atoms with van der Waals surface area (Å²) in [5.74, 6) is 0.193. The zero-order valence-electron chi connectivity index (χ0n) is 21.4. The van der Waals surface area contributed by atoms with Crippen molar-refractivity contribution in [3.8, 4) is 5.75 Å². The molecule has 0 aromatic heterocycles. The summed E-state index contributed by atoms with van der Waals surface area (Å²) in [5, 5.41) is 5.18. The maximum absolute atomic E-state index is 14.0. The van der Waals surface area contributed by atoms with Crippen LogP contribution in [-0.4, -0.2) is 21.4 Å². The molecule has 0 unspecified atom stereocenters. The van der Waals surface area contributed by atoms with Gasteiger partial charge in [-0.3, -0.25) is 9.10 Å². The molecule has 0 fully saturated rings. The lowest BCUT2D eigenvalue weighted by molar-refractivity contribution is 0.0951. The van der Waals surface area contributed by atoms with Crippen molar-refractivity contribution in [2.45, 2.75) is 18.0 Å². The molecule has 0 saturated carbocycles.